The predicted molar refractivity (Wildman–Crippen MR) is 66.7 cm³/mol. The minimum absolute atomic E-state index is 0.584. The number of thiophene rings is 1. The van der Waals surface area contributed by atoms with Crippen molar-refractivity contribution in [3.8, 4) is 0 Å². The van der Waals surface area contributed by atoms with Crippen LogP contribution in [-0.4, -0.2) is 11.4 Å². The average molecular weight is 327 g/mol. The Morgan fingerprint density at radius 2 is 2.38 bits per heavy atom. The monoisotopic (exact) mass is 325 g/mol. The zero-order valence-electron chi connectivity index (χ0n) is 7.52. The zero-order chi connectivity index (χ0) is 9.68. The van der Waals surface area contributed by atoms with Gasteiger partial charge in [-0.1, -0.05) is 15.9 Å². The molecule has 1 nitrogen and oxygen atoms in total. The van der Waals surface area contributed by atoms with E-state index in [4.69, 9.17) is 0 Å². The van der Waals surface area contributed by atoms with Gasteiger partial charge in [0.05, 0.1) is 0 Å². The number of rotatable bonds is 5. The molecule has 0 spiro atoms. The van der Waals surface area contributed by atoms with Gasteiger partial charge in [-0.05, 0) is 35.3 Å². The summed E-state index contributed by atoms with van der Waals surface area (Å²) in [5, 5.41) is 6.65. The smallest absolute Gasteiger partial charge is 0.0302 e. The van der Waals surface area contributed by atoms with Crippen LogP contribution >= 0.6 is 43.2 Å². The van der Waals surface area contributed by atoms with Crippen LogP contribution in [0, 0.1) is 0 Å². The lowest BCUT2D eigenvalue weighted by atomic mass is 10.2. The van der Waals surface area contributed by atoms with Crippen molar-refractivity contribution in [3.63, 3.8) is 0 Å². The van der Waals surface area contributed by atoms with Crippen molar-refractivity contribution in [2.24, 2.45) is 0 Å². The van der Waals surface area contributed by atoms with Gasteiger partial charge < -0.3 is 5.32 Å². The highest BCUT2D eigenvalue weighted by Gasteiger charge is 2.01. The first-order valence-corrected chi connectivity index (χ1v) is 7.04. The van der Waals surface area contributed by atoms with E-state index < -0.39 is 0 Å². The van der Waals surface area contributed by atoms with Crippen LogP contribution in [0.25, 0.3) is 0 Å². The molecule has 0 saturated carbocycles. The van der Waals surface area contributed by atoms with Crippen LogP contribution in [0.15, 0.2) is 15.9 Å². The molecule has 0 saturated heterocycles. The Morgan fingerprint density at radius 1 is 1.62 bits per heavy atom. The van der Waals surface area contributed by atoms with Crippen molar-refractivity contribution in [2.75, 3.05) is 5.33 Å². The molecule has 0 bridgehead atoms. The van der Waals surface area contributed by atoms with E-state index in [0.717, 1.165) is 11.9 Å². The Hall–Kier alpha value is 0.620. The maximum absolute atomic E-state index is 3.47. The molecule has 13 heavy (non-hydrogen) atoms. The van der Waals surface area contributed by atoms with E-state index in [0.29, 0.717) is 6.04 Å². The van der Waals surface area contributed by atoms with Crippen molar-refractivity contribution in [3.05, 3.63) is 20.8 Å². The molecule has 0 fully saturated rings. The van der Waals surface area contributed by atoms with Gasteiger partial charge in [-0.15, -0.1) is 11.3 Å². The van der Waals surface area contributed by atoms with Crippen molar-refractivity contribution >= 4 is 43.2 Å². The van der Waals surface area contributed by atoms with Crippen LogP contribution in [-0.2, 0) is 6.54 Å². The average Bonchev–Trinajstić information content (AvgIpc) is 2.49. The molecule has 0 aliphatic rings. The fourth-order valence-corrected chi connectivity index (χ4v) is 3.08. The molecule has 1 rings (SSSR count). The molecule has 0 aliphatic heterocycles. The Kier molecular flexibility index (Phi) is 5.55. The highest BCUT2D eigenvalue weighted by Crippen LogP contribution is 2.19. The molecule has 0 aromatic carbocycles. The van der Waals surface area contributed by atoms with Crippen molar-refractivity contribution < 1.29 is 0 Å². The van der Waals surface area contributed by atoms with E-state index in [1.165, 1.54) is 15.8 Å². The lowest BCUT2D eigenvalue weighted by molar-refractivity contribution is 0.541. The summed E-state index contributed by atoms with van der Waals surface area (Å²) in [5.41, 5.74) is 0. The van der Waals surface area contributed by atoms with Gasteiger partial charge in [-0.3, -0.25) is 0 Å². The summed E-state index contributed by atoms with van der Waals surface area (Å²) < 4.78 is 1.18. The molecule has 0 aliphatic carbocycles. The molecule has 0 radical (unpaired) electrons. The molecule has 74 valence electrons. The fourth-order valence-electron chi connectivity index (χ4n) is 0.987. The van der Waals surface area contributed by atoms with E-state index in [1.54, 1.807) is 11.3 Å². The SMILES string of the molecule is CC(CCBr)NCc1cc(Br)cs1. The van der Waals surface area contributed by atoms with Crippen molar-refractivity contribution in [1.29, 1.82) is 0 Å². The van der Waals surface area contributed by atoms with Gasteiger partial charge in [0.2, 0.25) is 0 Å². The quantitative estimate of drug-likeness (QED) is 0.812. The number of alkyl halides is 1. The largest absolute Gasteiger partial charge is 0.309 e. The first kappa shape index (κ1) is 11.7. The summed E-state index contributed by atoms with van der Waals surface area (Å²) in [6.07, 6.45) is 1.17. The van der Waals surface area contributed by atoms with E-state index >= 15 is 0 Å². The number of hydrogen-bond acceptors (Lipinski definition) is 2. The highest BCUT2D eigenvalue weighted by molar-refractivity contribution is 9.10. The topological polar surface area (TPSA) is 12.0 Å². The summed E-state index contributed by atoms with van der Waals surface area (Å²) in [4.78, 5) is 1.38. The molecular weight excluding hydrogens is 314 g/mol. The minimum Gasteiger partial charge on any atom is -0.309 e. The summed E-state index contributed by atoms with van der Waals surface area (Å²) in [7, 11) is 0. The van der Waals surface area contributed by atoms with E-state index in [2.05, 4.69) is 55.5 Å². The van der Waals surface area contributed by atoms with Crippen LogP contribution in [0.3, 0.4) is 0 Å². The first-order valence-electron chi connectivity index (χ1n) is 4.24. The molecule has 1 aromatic heterocycles. The van der Waals surface area contributed by atoms with Gasteiger partial charge in [0.1, 0.15) is 0 Å². The molecule has 1 heterocycles. The molecule has 0 amide bonds. The normalized spacial score (nSPS) is 13.2. The Morgan fingerprint density at radius 3 is 2.92 bits per heavy atom. The maximum atomic E-state index is 3.47. The van der Waals surface area contributed by atoms with E-state index in [1.807, 2.05) is 0 Å². The lowest BCUT2D eigenvalue weighted by Crippen LogP contribution is -2.25. The van der Waals surface area contributed by atoms with Gasteiger partial charge in [-0.25, -0.2) is 0 Å². The third kappa shape index (κ3) is 4.58. The Balaban J connectivity index is 2.26. The molecule has 4 heteroatoms. The second kappa shape index (κ2) is 6.17. The summed E-state index contributed by atoms with van der Waals surface area (Å²) >= 11 is 8.67. The van der Waals surface area contributed by atoms with Crippen LogP contribution in [0.1, 0.15) is 18.2 Å². The first-order chi connectivity index (χ1) is 6.22. The second-order valence-electron chi connectivity index (χ2n) is 2.99. The molecular formula is C9H13Br2NS. The van der Waals surface area contributed by atoms with Gasteiger partial charge >= 0.3 is 0 Å². The summed E-state index contributed by atoms with van der Waals surface area (Å²) in [5.74, 6) is 0. The van der Waals surface area contributed by atoms with Gasteiger partial charge in [0, 0.05) is 32.6 Å². The fraction of sp³-hybridized carbons (Fsp3) is 0.556. The zero-order valence-corrected chi connectivity index (χ0v) is 11.5. The molecule has 1 atom stereocenters. The molecule has 1 unspecified atom stereocenters. The molecule has 1 aromatic rings. The number of halogens is 2. The van der Waals surface area contributed by atoms with Gasteiger partial charge in [0.25, 0.3) is 0 Å². The van der Waals surface area contributed by atoms with Crippen LogP contribution in [0.4, 0.5) is 0 Å². The lowest BCUT2D eigenvalue weighted by Gasteiger charge is -2.10. The predicted octanol–water partition coefficient (Wildman–Crippen LogP) is 3.77. The second-order valence-corrected chi connectivity index (χ2v) is 5.70. The summed E-state index contributed by atoms with van der Waals surface area (Å²) in [6.45, 7) is 3.19. The third-order valence-electron chi connectivity index (χ3n) is 1.79. The molecule has 1 N–H and O–H groups in total. The van der Waals surface area contributed by atoms with E-state index in [9.17, 15) is 0 Å². The highest BCUT2D eigenvalue weighted by atomic mass is 79.9. The van der Waals surface area contributed by atoms with E-state index in [-0.39, 0.29) is 0 Å². The number of hydrogen-bond donors (Lipinski definition) is 1. The maximum Gasteiger partial charge on any atom is 0.0302 e. The van der Waals surface area contributed by atoms with Crippen LogP contribution in [0.2, 0.25) is 0 Å². The third-order valence-corrected chi connectivity index (χ3v) is 3.94. The Bertz CT molecular complexity index is 250. The standard InChI is InChI=1S/C9H13Br2NS/c1-7(2-3-10)12-5-9-4-8(11)6-13-9/h4,6-7,12H,2-3,5H2,1H3. The van der Waals surface area contributed by atoms with Gasteiger partial charge in [0.15, 0.2) is 0 Å². The van der Waals surface area contributed by atoms with Crippen molar-refractivity contribution in [2.45, 2.75) is 25.9 Å². The van der Waals surface area contributed by atoms with Crippen molar-refractivity contribution in [1.82, 2.24) is 5.32 Å². The number of nitrogens with one attached hydrogen (secondary N) is 1. The minimum atomic E-state index is 0.584. The van der Waals surface area contributed by atoms with Crippen LogP contribution in [0.5, 0.6) is 0 Å². The Labute approximate surface area is 100 Å². The van der Waals surface area contributed by atoms with Crippen LogP contribution < -0.4 is 5.32 Å². The van der Waals surface area contributed by atoms with Gasteiger partial charge in [-0.2, -0.15) is 0 Å². The summed E-state index contributed by atoms with van der Waals surface area (Å²) in [6, 6.07) is 2.75.